The molecule has 0 aliphatic carbocycles. The Bertz CT molecular complexity index is 737. The van der Waals surface area contributed by atoms with E-state index in [1.54, 1.807) is 34.7 Å². The van der Waals surface area contributed by atoms with Gasteiger partial charge in [-0.3, -0.25) is 14.0 Å². The summed E-state index contributed by atoms with van der Waals surface area (Å²) in [4.78, 5) is 31.1. The van der Waals surface area contributed by atoms with Gasteiger partial charge in [0.05, 0.1) is 25.3 Å². The summed E-state index contributed by atoms with van der Waals surface area (Å²) in [6.45, 7) is 2.88. The van der Waals surface area contributed by atoms with E-state index in [1.165, 1.54) is 0 Å². The van der Waals surface area contributed by atoms with Crippen LogP contribution in [0.3, 0.4) is 0 Å². The summed E-state index contributed by atoms with van der Waals surface area (Å²) < 4.78 is 11.8. The van der Waals surface area contributed by atoms with Gasteiger partial charge in [0.25, 0.3) is 11.8 Å². The Balaban J connectivity index is 1.91. The molecule has 0 atom stereocenters. The van der Waals surface area contributed by atoms with Crippen molar-refractivity contribution in [1.29, 1.82) is 0 Å². The molecular formula is C16H20N4O4. The number of imidazole rings is 1. The number of aromatic nitrogens is 2. The van der Waals surface area contributed by atoms with E-state index < -0.39 is 0 Å². The molecule has 0 radical (unpaired) electrons. The van der Waals surface area contributed by atoms with Crippen molar-refractivity contribution in [2.45, 2.75) is 0 Å². The minimum atomic E-state index is -0.339. The second-order valence-electron chi connectivity index (χ2n) is 5.39. The van der Waals surface area contributed by atoms with Crippen LogP contribution >= 0.6 is 0 Å². The second kappa shape index (κ2) is 7.41. The summed E-state index contributed by atoms with van der Waals surface area (Å²) >= 11 is 0. The predicted molar refractivity (Wildman–Crippen MR) is 86.1 cm³/mol. The van der Waals surface area contributed by atoms with Gasteiger partial charge in [-0.1, -0.05) is 6.07 Å². The number of rotatable bonds is 5. The fourth-order valence-corrected chi connectivity index (χ4v) is 2.62. The molecule has 3 rings (SSSR count). The molecule has 1 saturated heterocycles. The van der Waals surface area contributed by atoms with Crippen molar-refractivity contribution in [3.63, 3.8) is 0 Å². The molecule has 128 valence electrons. The number of morpholine rings is 1. The SMILES string of the molecule is COCCNC(=O)c1nc(C(=O)N2CCOCC2)c2ccccn12. The highest BCUT2D eigenvalue weighted by Gasteiger charge is 2.26. The highest BCUT2D eigenvalue weighted by Crippen LogP contribution is 2.16. The molecule has 0 bridgehead atoms. The maximum Gasteiger partial charge on any atom is 0.287 e. The third-order valence-corrected chi connectivity index (χ3v) is 3.84. The van der Waals surface area contributed by atoms with Gasteiger partial charge < -0.3 is 19.7 Å². The molecule has 1 aliphatic rings. The van der Waals surface area contributed by atoms with E-state index in [0.717, 1.165) is 0 Å². The lowest BCUT2D eigenvalue weighted by molar-refractivity contribution is 0.0300. The Morgan fingerprint density at radius 2 is 2.12 bits per heavy atom. The molecule has 0 spiro atoms. The number of nitrogens with one attached hydrogen (secondary N) is 1. The van der Waals surface area contributed by atoms with Crippen LogP contribution in [-0.2, 0) is 9.47 Å². The van der Waals surface area contributed by atoms with Crippen molar-refractivity contribution in [2.24, 2.45) is 0 Å². The van der Waals surface area contributed by atoms with E-state index in [0.29, 0.717) is 45.0 Å². The third-order valence-electron chi connectivity index (χ3n) is 3.84. The molecule has 24 heavy (non-hydrogen) atoms. The van der Waals surface area contributed by atoms with Crippen molar-refractivity contribution >= 4 is 17.3 Å². The maximum absolute atomic E-state index is 12.8. The van der Waals surface area contributed by atoms with Crippen LogP contribution in [0.1, 0.15) is 21.1 Å². The molecule has 0 saturated carbocycles. The van der Waals surface area contributed by atoms with E-state index in [9.17, 15) is 9.59 Å². The van der Waals surface area contributed by atoms with Crippen molar-refractivity contribution in [3.8, 4) is 0 Å². The number of methoxy groups -OCH3 is 1. The van der Waals surface area contributed by atoms with Crippen molar-refractivity contribution in [1.82, 2.24) is 19.6 Å². The third kappa shape index (κ3) is 3.24. The van der Waals surface area contributed by atoms with Gasteiger partial charge in [-0.15, -0.1) is 0 Å². The molecular weight excluding hydrogens is 312 g/mol. The lowest BCUT2D eigenvalue weighted by Gasteiger charge is -2.26. The monoisotopic (exact) mass is 332 g/mol. The van der Waals surface area contributed by atoms with Gasteiger partial charge >= 0.3 is 0 Å². The number of carbonyl (C=O) groups is 2. The molecule has 2 aromatic heterocycles. The van der Waals surface area contributed by atoms with E-state index in [2.05, 4.69) is 10.3 Å². The summed E-state index contributed by atoms with van der Waals surface area (Å²) in [6.07, 6.45) is 1.73. The zero-order valence-electron chi connectivity index (χ0n) is 13.5. The fourth-order valence-electron chi connectivity index (χ4n) is 2.62. The van der Waals surface area contributed by atoms with Gasteiger partial charge in [-0.05, 0) is 12.1 Å². The van der Waals surface area contributed by atoms with Gasteiger partial charge in [0.15, 0.2) is 5.69 Å². The minimum absolute atomic E-state index is 0.182. The smallest absolute Gasteiger partial charge is 0.287 e. The molecule has 8 heteroatoms. The number of hydrogen-bond acceptors (Lipinski definition) is 5. The number of carbonyl (C=O) groups excluding carboxylic acids is 2. The van der Waals surface area contributed by atoms with Crippen LogP contribution in [0.5, 0.6) is 0 Å². The number of pyridine rings is 1. The molecule has 0 unspecified atom stereocenters. The Hall–Kier alpha value is -2.45. The first-order valence-corrected chi connectivity index (χ1v) is 7.83. The van der Waals surface area contributed by atoms with Crippen LogP contribution in [0.2, 0.25) is 0 Å². The first kappa shape index (κ1) is 16.4. The van der Waals surface area contributed by atoms with Crippen LogP contribution in [0.15, 0.2) is 24.4 Å². The first-order valence-electron chi connectivity index (χ1n) is 7.83. The zero-order chi connectivity index (χ0) is 16.9. The van der Waals surface area contributed by atoms with Crippen molar-refractivity contribution < 1.29 is 19.1 Å². The number of nitrogens with zero attached hydrogens (tertiary/aromatic N) is 3. The molecule has 1 fully saturated rings. The molecule has 8 nitrogen and oxygen atoms in total. The summed E-state index contributed by atoms with van der Waals surface area (Å²) in [5.41, 5.74) is 0.903. The number of ether oxygens (including phenoxy) is 2. The van der Waals surface area contributed by atoms with Gasteiger partial charge in [-0.2, -0.15) is 0 Å². The lowest BCUT2D eigenvalue weighted by atomic mass is 10.3. The van der Waals surface area contributed by atoms with Gasteiger partial charge in [0.1, 0.15) is 0 Å². The van der Waals surface area contributed by atoms with Crippen LogP contribution in [0.4, 0.5) is 0 Å². The number of amides is 2. The van der Waals surface area contributed by atoms with Crippen LogP contribution < -0.4 is 5.32 Å². The minimum Gasteiger partial charge on any atom is -0.383 e. The summed E-state index contributed by atoms with van der Waals surface area (Å²) in [7, 11) is 1.57. The van der Waals surface area contributed by atoms with E-state index in [4.69, 9.17) is 9.47 Å². The number of hydrogen-bond donors (Lipinski definition) is 1. The molecule has 1 N–H and O–H groups in total. The Morgan fingerprint density at radius 1 is 1.33 bits per heavy atom. The normalized spacial score (nSPS) is 14.8. The average Bonchev–Trinajstić information content (AvgIpc) is 3.02. The van der Waals surface area contributed by atoms with E-state index in [1.807, 2.05) is 6.07 Å². The highest BCUT2D eigenvalue weighted by atomic mass is 16.5. The Kier molecular flexibility index (Phi) is 5.07. The predicted octanol–water partition coefficient (Wildman–Crippen LogP) is 0.183. The standard InChI is InChI=1S/C16H20N4O4/c1-23-9-5-17-15(21)14-18-13(12-4-2-3-6-20(12)14)16(22)19-7-10-24-11-8-19/h2-4,6H,5,7-11H2,1H3,(H,17,21). The second-order valence-corrected chi connectivity index (χ2v) is 5.39. The van der Waals surface area contributed by atoms with Crippen LogP contribution in [0.25, 0.3) is 5.52 Å². The Morgan fingerprint density at radius 3 is 2.88 bits per heavy atom. The summed E-state index contributed by atoms with van der Waals surface area (Å²) in [5, 5.41) is 2.73. The molecule has 2 aromatic rings. The Labute approximate surface area is 139 Å². The summed E-state index contributed by atoms with van der Waals surface area (Å²) in [6, 6.07) is 5.40. The fraction of sp³-hybridized carbons (Fsp3) is 0.438. The van der Waals surface area contributed by atoms with E-state index in [-0.39, 0.29) is 23.3 Å². The van der Waals surface area contributed by atoms with Gasteiger partial charge in [0, 0.05) is 32.9 Å². The van der Waals surface area contributed by atoms with Crippen molar-refractivity contribution in [3.05, 3.63) is 35.9 Å². The number of fused-ring (bicyclic) bond motifs is 1. The quantitative estimate of drug-likeness (QED) is 0.790. The molecule has 2 amide bonds. The average molecular weight is 332 g/mol. The van der Waals surface area contributed by atoms with Crippen molar-refractivity contribution in [2.75, 3.05) is 46.6 Å². The molecule has 1 aliphatic heterocycles. The van der Waals surface area contributed by atoms with Gasteiger partial charge in [-0.25, -0.2) is 4.98 Å². The summed E-state index contributed by atoms with van der Waals surface area (Å²) in [5.74, 6) is -0.328. The lowest BCUT2D eigenvalue weighted by Crippen LogP contribution is -2.41. The largest absolute Gasteiger partial charge is 0.383 e. The topological polar surface area (TPSA) is 85.2 Å². The molecule has 3 heterocycles. The maximum atomic E-state index is 12.8. The zero-order valence-corrected chi connectivity index (χ0v) is 13.5. The highest BCUT2D eigenvalue weighted by molar-refractivity contribution is 6.02. The van der Waals surface area contributed by atoms with Gasteiger partial charge in [0.2, 0.25) is 5.82 Å². The first-order chi connectivity index (χ1) is 11.7. The van der Waals surface area contributed by atoms with Crippen LogP contribution in [-0.4, -0.2) is 72.7 Å². The molecule has 0 aromatic carbocycles. The van der Waals surface area contributed by atoms with E-state index >= 15 is 0 Å². The van der Waals surface area contributed by atoms with Crippen LogP contribution in [0, 0.1) is 0 Å².